The van der Waals surface area contributed by atoms with Gasteiger partial charge in [-0.1, -0.05) is 30.3 Å². The first-order valence-electron chi connectivity index (χ1n) is 8.86. The SMILES string of the molecule is CCOC(=O)CCN1CCN(C2=NC(=O)/C(=C/c3ccccc3)S2)CC1. The number of hydrogen-bond donors (Lipinski definition) is 0. The van der Waals surface area contributed by atoms with E-state index >= 15 is 0 Å². The molecule has 0 aromatic heterocycles. The number of benzene rings is 1. The van der Waals surface area contributed by atoms with Crippen LogP contribution in [0.4, 0.5) is 0 Å². The Hall–Kier alpha value is -2.12. The number of amides is 1. The molecule has 0 N–H and O–H groups in total. The molecule has 2 heterocycles. The molecule has 138 valence electrons. The van der Waals surface area contributed by atoms with Crippen molar-refractivity contribution in [3.05, 3.63) is 40.8 Å². The van der Waals surface area contributed by atoms with Crippen molar-refractivity contribution in [2.24, 2.45) is 4.99 Å². The Bertz CT molecular complexity index is 710. The average molecular weight is 373 g/mol. The van der Waals surface area contributed by atoms with E-state index in [9.17, 15) is 9.59 Å². The fourth-order valence-electron chi connectivity index (χ4n) is 2.88. The number of nitrogens with zero attached hydrogens (tertiary/aromatic N) is 3. The first-order valence-corrected chi connectivity index (χ1v) is 9.68. The highest BCUT2D eigenvalue weighted by atomic mass is 32.2. The highest BCUT2D eigenvalue weighted by Crippen LogP contribution is 2.30. The monoisotopic (exact) mass is 373 g/mol. The van der Waals surface area contributed by atoms with Crippen molar-refractivity contribution < 1.29 is 14.3 Å². The van der Waals surface area contributed by atoms with E-state index in [4.69, 9.17) is 4.74 Å². The summed E-state index contributed by atoms with van der Waals surface area (Å²) in [6, 6.07) is 9.80. The minimum atomic E-state index is -0.168. The molecule has 6 nitrogen and oxygen atoms in total. The number of piperazine rings is 1. The van der Waals surface area contributed by atoms with Crippen molar-refractivity contribution >= 4 is 34.9 Å². The Morgan fingerprint density at radius 1 is 1.23 bits per heavy atom. The van der Waals surface area contributed by atoms with Gasteiger partial charge >= 0.3 is 5.97 Å². The molecule has 3 rings (SSSR count). The van der Waals surface area contributed by atoms with Gasteiger partial charge in [0.15, 0.2) is 5.17 Å². The summed E-state index contributed by atoms with van der Waals surface area (Å²) in [5.41, 5.74) is 1.00. The molecule has 0 bridgehead atoms. The number of esters is 1. The molecule has 7 heteroatoms. The van der Waals surface area contributed by atoms with E-state index in [1.807, 2.05) is 43.3 Å². The normalized spacial score (nSPS) is 19.7. The van der Waals surface area contributed by atoms with Crippen LogP contribution in [0.25, 0.3) is 6.08 Å². The third-order valence-corrected chi connectivity index (χ3v) is 5.33. The summed E-state index contributed by atoms with van der Waals surface area (Å²) in [6.07, 6.45) is 2.31. The van der Waals surface area contributed by atoms with Crippen molar-refractivity contribution in [1.29, 1.82) is 0 Å². The highest BCUT2D eigenvalue weighted by Gasteiger charge is 2.28. The number of carbonyl (C=O) groups is 2. The van der Waals surface area contributed by atoms with Gasteiger partial charge in [-0.15, -0.1) is 0 Å². The average Bonchev–Trinajstić information content (AvgIpc) is 3.02. The van der Waals surface area contributed by atoms with Crippen LogP contribution in [0, 0.1) is 0 Å². The number of rotatable bonds is 5. The Labute approximate surface area is 157 Å². The van der Waals surface area contributed by atoms with E-state index in [2.05, 4.69) is 14.8 Å². The van der Waals surface area contributed by atoms with E-state index in [0.717, 1.165) is 36.9 Å². The summed E-state index contributed by atoms with van der Waals surface area (Å²) in [7, 11) is 0. The van der Waals surface area contributed by atoms with Gasteiger partial charge in [-0.3, -0.25) is 14.5 Å². The number of thioether (sulfide) groups is 1. The quantitative estimate of drug-likeness (QED) is 0.583. The third kappa shape index (κ3) is 4.95. The Balaban J connectivity index is 1.49. The Kier molecular flexibility index (Phi) is 6.46. The maximum absolute atomic E-state index is 12.2. The molecular weight excluding hydrogens is 350 g/mol. The molecular formula is C19H23N3O3S. The molecule has 0 saturated carbocycles. The van der Waals surface area contributed by atoms with Gasteiger partial charge in [0.1, 0.15) is 0 Å². The Morgan fingerprint density at radius 2 is 1.96 bits per heavy atom. The zero-order chi connectivity index (χ0) is 18.4. The standard InChI is InChI=1S/C19H23N3O3S/c1-2-25-17(23)8-9-21-10-12-22(13-11-21)19-20-18(24)16(26-19)14-15-6-4-3-5-7-15/h3-7,14H,2,8-13H2,1H3/b16-14-. The summed E-state index contributed by atoms with van der Waals surface area (Å²) in [6.45, 7) is 6.27. The lowest BCUT2D eigenvalue weighted by Gasteiger charge is -2.35. The number of amidine groups is 1. The van der Waals surface area contributed by atoms with Crippen LogP contribution in [0.15, 0.2) is 40.2 Å². The van der Waals surface area contributed by atoms with Crippen LogP contribution in [0.3, 0.4) is 0 Å². The molecule has 1 aromatic rings. The van der Waals surface area contributed by atoms with Gasteiger partial charge in [-0.2, -0.15) is 4.99 Å². The van der Waals surface area contributed by atoms with Gasteiger partial charge in [0.25, 0.3) is 5.91 Å². The zero-order valence-corrected chi connectivity index (χ0v) is 15.7. The molecule has 0 radical (unpaired) electrons. The van der Waals surface area contributed by atoms with Gasteiger partial charge in [-0.05, 0) is 30.3 Å². The number of carbonyl (C=O) groups excluding carboxylic acids is 2. The molecule has 0 aliphatic carbocycles. The second kappa shape index (κ2) is 9.00. The lowest BCUT2D eigenvalue weighted by Crippen LogP contribution is -2.48. The summed E-state index contributed by atoms with van der Waals surface area (Å²) in [4.78, 5) is 32.9. The topological polar surface area (TPSA) is 62.2 Å². The highest BCUT2D eigenvalue weighted by molar-refractivity contribution is 8.18. The van der Waals surface area contributed by atoms with Crippen LogP contribution in [0.2, 0.25) is 0 Å². The van der Waals surface area contributed by atoms with Crippen LogP contribution in [-0.4, -0.2) is 66.2 Å². The largest absolute Gasteiger partial charge is 0.466 e. The Morgan fingerprint density at radius 3 is 2.65 bits per heavy atom. The summed E-state index contributed by atoms with van der Waals surface area (Å²) >= 11 is 1.44. The fourth-order valence-corrected chi connectivity index (χ4v) is 3.84. The van der Waals surface area contributed by atoms with Crippen molar-refractivity contribution in [2.45, 2.75) is 13.3 Å². The molecule has 26 heavy (non-hydrogen) atoms. The molecule has 1 aromatic carbocycles. The summed E-state index contributed by atoms with van der Waals surface area (Å²) in [5.74, 6) is -0.314. The van der Waals surface area contributed by atoms with Gasteiger partial charge < -0.3 is 9.64 Å². The van der Waals surface area contributed by atoms with Crippen molar-refractivity contribution in [2.75, 3.05) is 39.3 Å². The molecule has 1 fully saturated rings. The first kappa shape index (κ1) is 18.7. The lowest BCUT2D eigenvalue weighted by atomic mass is 10.2. The zero-order valence-electron chi connectivity index (χ0n) is 14.9. The third-order valence-electron chi connectivity index (χ3n) is 4.29. The van der Waals surface area contributed by atoms with E-state index in [1.54, 1.807) is 0 Å². The van der Waals surface area contributed by atoms with Crippen LogP contribution in [0.1, 0.15) is 18.9 Å². The lowest BCUT2D eigenvalue weighted by molar-refractivity contribution is -0.143. The molecule has 1 amide bonds. The van der Waals surface area contributed by atoms with Crippen molar-refractivity contribution in [3.63, 3.8) is 0 Å². The summed E-state index contributed by atoms with van der Waals surface area (Å²) in [5, 5.41) is 0.780. The molecule has 0 unspecified atom stereocenters. The van der Waals surface area contributed by atoms with Crippen LogP contribution in [-0.2, 0) is 14.3 Å². The van der Waals surface area contributed by atoms with Gasteiger partial charge in [0.05, 0.1) is 17.9 Å². The fraction of sp³-hybridized carbons (Fsp3) is 0.421. The van der Waals surface area contributed by atoms with E-state index in [-0.39, 0.29) is 11.9 Å². The smallest absolute Gasteiger partial charge is 0.307 e. The van der Waals surface area contributed by atoms with E-state index in [0.29, 0.717) is 24.5 Å². The predicted molar refractivity (Wildman–Crippen MR) is 104 cm³/mol. The maximum atomic E-state index is 12.2. The first-order chi connectivity index (χ1) is 12.7. The molecule has 1 saturated heterocycles. The van der Waals surface area contributed by atoms with Crippen LogP contribution in [0.5, 0.6) is 0 Å². The van der Waals surface area contributed by atoms with Gasteiger partial charge in [0.2, 0.25) is 0 Å². The van der Waals surface area contributed by atoms with Crippen LogP contribution < -0.4 is 0 Å². The minimum absolute atomic E-state index is 0.146. The maximum Gasteiger partial charge on any atom is 0.307 e. The molecule has 2 aliphatic rings. The summed E-state index contributed by atoms with van der Waals surface area (Å²) < 4.78 is 4.97. The second-order valence-electron chi connectivity index (χ2n) is 6.10. The number of ether oxygens (including phenoxy) is 1. The number of hydrogen-bond acceptors (Lipinski definition) is 6. The van der Waals surface area contributed by atoms with E-state index in [1.165, 1.54) is 11.8 Å². The molecule has 0 spiro atoms. The molecule has 0 atom stereocenters. The minimum Gasteiger partial charge on any atom is -0.466 e. The van der Waals surface area contributed by atoms with Gasteiger partial charge in [-0.25, -0.2) is 0 Å². The molecule has 2 aliphatic heterocycles. The predicted octanol–water partition coefficient (Wildman–Crippen LogP) is 2.23. The van der Waals surface area contributed by atoms with E-state index < -0.39 is 0 Å². The van der Waals surface area contributed by atoms with Gasteiger partial charge in [0, 0.05) is 32.7 Å². The van der Waals surface area contributed by atoms with Crippen molar-refractivity contribution in [1.82, 2.24) is 9.80 Å². The second-order valence-corrected chi connectivity index (χ2v) is 7.11. The van der Waals surface area contributed by atoms with Crippen LogP contribution >= 0.6 is 11.8 Å². The number of aliphatic imine (C=N–C) groups is 1. The van der Waals surface area contributed by atoms with Crippen molar-refractivity contribution in [3.8, 4) is 0 Å².